The van der Waals surface area contributed by atoms with Gasteiger partial charge in [-0.15, -0.1) is 0 Å². The van der Waals surface area contributed by atoms with E-state index in [1.165, 1.54) is 18.2 Å². The maximum atomic E-state index is 11.9. The largest absolute Gasteiger partial charge is 0.507 e. The molecular formula is C14H20N2O3. The van der Waals surface area contributed by atoms with Crippen molar-refractivity contribution in [2.45, 2.75) is 31.7 Å². The van der Waals surface area contributed by atoms with Gasteiger partial charge in [0.15, 0.2) is 0 Å². The van der Waals surface area contributed by atoms with Crippen molar-refractivity contribution >= 4 is 5.91 Å². The molecule has 0 bridgehead atoms. The highest BCUT2D eigenvalue weighted by atomic mass is 16.3. The van der Waals surface area contributed by atoms with Crippen LogP contribution in [0.5, 0.6) is 11.5 Å². The summed E-state index contributed by atoms with van der Waals surface area (Å²) in [5.74, 6) is -0.423. The number of carbonyl (C=O) groups is 1. The molecule has 0 aromatic heterocycles. The summed E-state index contributed by atoms with van der Waals surface area (Å²) < 4.78 is 0. The quantitative estimate of drug-likeness (QED) is 0.662. The van der Waals surface area contributed by atoms with Crippen LogP contribution < -0.4 is 11.1 Å². The fourth-order valence-electron chi connectivity index (χ4n) is 2.48. The van der Waals surface area contributed by atoms with Crippen molar-refractivity contribution in [3.8, 4) is 11.5 Å². The highest BCUT2D eigenvalue weighted by Gasteiger charge is 2.21. The molecule has 1 aromatic carbocycles. The summed E-state index contributed by atoms with van der Waals surface area (Å²) in [4.78, 5) is 11.9. The molecule has 5 heteroatoms. The average molecular weight is 264 g/mol. The maximum absolute atomic E-state index is 11.9. The molecule has 1 fully saturated rings. The van der Waals surface area contributed by atoms with Gasteiger partial charge in [0.1, 0.15) is 17.1 Å². The third-order valence-electron chi connectivity index (χ3n) is 3.69. The second-order valence-corrected chi connectivity index (χ2v) is 5.16. The van der Waals surface area contributed by atoms with Crippen LogP contribution in [-0.2, 0) is 0 Å². The third-order valence-corrected chi connectivity index (χ3v) is 3.69. The molecule has 1 saturated carbocycles. The standard InChI is InChI=1S/C14H20N2O3/c15-10-6-4-9(5-7-10)8-16-14(19)13-11(17)2-1-3-12(13)18/h1-3,9-10,17-18H,4-8,15H2,(H,16,19). The monoisotopic (exact) mass is 264 g/mol. The number of rotatable bonds is 3. The molecule has 5 nitrogen and oxygen atoms in total. The normalized spacial score (nSPS) is 23.0. The zero-order valence-electron chi connectivity index (χ0n) is 10.8. The Kier molecular flexibility index (Phi) is 4.27. The van der Waals surface area contributed by atoms with Crippen LogP contribution in [0.2, 0.25) is 0 Å². The Morgan fingerprint density at radius 2 is 1.79 bits per heavy atom. The topological polar surface area (TPSA) is 95.6 Å². The molecule has 0 unspecified atom stereocenters. The van der Waals surface area contributed by atoms with Gasteiger partial charge < -0.3 is 21.3 Å². The van der Waals surface area contributed by atoms with Crippen molar-refractivity contribution in [1.29, 1.82) is 0 Å². The molecule has 1 aromatic rings. The van der Waals surface area contributed by atoms with Gasteiger partial charge in [-0.2, -0.15) is 0 Å². The summed E-state index contributed by atoms with van der Waals surface area (Å²) in [5.41, 5.74) is 5.77. The summed E-state index contributed by atoms with van der Waals surface area (Å²) in [6.45, 7) is 0.555. The average Bonchev–Trinajstić information content (AvgIpc) is 2.38. The number of carbonyl (C=O) groups excluding carboxylic acids is 1. The molecule has 0 aliphatic heterocycles. The van der Waals surface area contributed by atoms with Crippen molar-refractivity contribution in [3.05, 3.63) is 23.8 Å². The number of nitrogens with one attached hydrogen (secondary N) is 1. The lowest BCUT2D eigenvalue weighted by Gasteiger charge is -2.26. The zero-order chi connectivity index (χ0) is 13.8. The maximum Gasteiger partial charge on any atom is 0.258 e. The second kappa shape index (κ2) is 5.93. The molecule has 0 saturated heterocycles. The fourth-order valence-corrected chi connectivity index (χ4v) is 2.48. The molecule has 104 valence electrons. The summed E-state index contributed by atoms with van der Waals surface area (Å²) >= 11 is 0. The minimum Gasteiger partial charge on any atom is -0.507 e. The van der Waals surface area contributed by atoms with Gasteiger partial charge in [-0.25, -0.2) is 0 Å². The molecular weight excluding hydrogens is 244 g/mol. The summed E-state index contributed by atoms with van der Waals surface area (Å²) in [6, 6.07) is 4.54. The first-order chi connectivity index (χ1) is 9.08. The van der Waals surface area contributed by atoms with E-state index in [0.29, 0.717) is 12.5 Å². The Morgan fingerprint density at radius 3 is 2.37 bits per heavy atom. The summed E-state index contributed by atoms with van der Waals surface area (Å²) in [6.07, 6.45) is 3.99. The van der Waals surface area contributed by atoms with Crippen LogP contribution in [0.1, 0.15) is 36.0 Å². The minimum absolute atomic E-state index is 0.0602. The summed E-state index contributed by atoms with van der Waals surface area (Å²) in [5, 5.41) is 22.0. The molecule has 0 atom stereocenters. The van der Waals surface area contributed by atoms with Crippen LogP contribution in [0.25, 0.3) is 0 Å². The van der Waals surface area contributed by atoms with E-state index in [2.05, 4.69) is 5.32 Å². The molecule has 1 aliphatic carbocycles. The number of nitrogens with two attached hydrogens (primary N) is 1. The molecule has 0 radical (unpaired) electrons. The molecule has 0 heterocycles. The summed E-state index contributed by atoms with van der Waals surface area (Å²) in [7, 11) is 0. The predicted octanol–water partition coefficient (Wildman–Crippen LogP) is 1.35. The number of aromatic hydroxyl groups is 2. The van der Waals surface area contributed by atoms with Gasteiger partial charge in [-0.05, 0) is 43.7 Å². The number of benzene rings is 1. The minimum atomic E-state index is -0.439. The number of phenolic OH excluding ortho intramolecular Hbond substituents is 2. The fraction of sp³-hybridized carbons (Fsp3) is 0.500. The van der Waals surface area contributed by atoms with Crippen LogP contribution >= 0.6 is 0 Å². The highest BCUT2D eigenvalue weighted by molar-refractivity contribution is 5.99. The molecule has 19 heavy (non-hydrogen) atoms. The molecule has 0 spiro atoms. The van der Waals surface area contributed by atoms with E-state index < -0.39 is 5.91 Å². The van der Waals surface area contributed by atoms with E-state index in [1.807, 2.05) is 0 Å². The number of amides is 1. The van der Waals surface area contributed by atoms with E-state index in [9.17, 15) is 15.0 Å². The van der Waals surface area contributed by atoms with E-state index in [4.69, 9.17) is 5.73 Å². The number of phenols is 2. The van der Waals surface area contributed by atoms with Gasteiger partial charge >= 0.3 is 0 Å². The smallest absolute Gasteiger partial charge is 0.258 e. The van der Waals surface area contributed by atoms with Gasteiger partial charge in [-0.1, -0.05) is 6.07 Å². The van der Waals surface area contributed by atoms with Gasteiger partial charge in [0.05, 0.1) is 0 Å². The molecule has 2 rings (SSSR count). The second-order valence-electron chi connectivity index (χ2n) is 5.16. The van der Waals surface area contributed by atoms with Crippen molar-refractivity contribution < 1.29 is 15.0 Å². The Bertz CT molecular complexity index is 434. The van der Waals surface area contributed by atoms with E-state index >= 15 is 0 Å². The van der Waals surface area contributed by atoms with Gasteiger partial charge in [0, 0.05) is 12.6 Å². The Morgan fingerprint density at radius 1 is 1.21 bits per heavy atom. The first-order valence-electron chi connectivity index (χ1n) is 6.62. The van der Waals surface area contributed by atoms with Gasteiger partial charge in [0.25, 0.3) is 5.91 Å². The highest BCUT2D eigenvalue weighted by Crippen LogP contribution is 2.26. The number of hydrogen-bond acceptors (Lipinski definition) is 4. The van der Waals surface area contributed by atoms with Gasteiger partial charge in [-0.3, -0.25) is 4.79 Å². The third kappa shape index (κ3) is 3.38. The van der Waals surface area contributed by atoms with Crippen molar-refractivity contribution in [3.63, 3.8) is 0 Å². The van der Waals surface area contributed by atoms with Crippen molar-refractivity contribution in [2.75, 3.05) is 6.54 Å². The van der Waals surface area contributed by atoms with E-state index in [0.717, 1.165) is 25.7 Å². The van der Waals surface area contributed by atoms with Crippen LogP contribution in [0.15, 0.2) is 18.2 Å². The van der Waals surface area contributed by atoms with Gasteiger partial charge in [0.2, 0.25) is 0 Å². The molecule has 1 aliphatic rings. The van der Waals surface area contributed by atoms with Crippen LogP contribution in [0, 0.1) is 5.92 Å². The van der Waals surface area contributed by atoms with Crippen LogP contribution in [0.4, 0.5) is 0 Å². The first-order valence-corrected chi connectivity index (χ1v) is 6.62. The van der Waals surface area contributed by atoms with Crippen molar-refractivity contribution in [2.24, 2.45) is 11.7 Å². The van der Waals surface area contributed by atoms with Crippen LogP contribution in [0.3, 0.4) is 0 Å². The Hall–Kier alpha value is -1.75. The molecule has 5 N–H and O–H groups in total. The Balaban J connectivity index is 1.91. The SMILES string of the molecule is NC1CCC(CNC(=O)c2c(O)cccc2O)CC1. The Labute approximate surface area is 112 Å². The first kappa shape index (κ1) is 13.7. The zero-order valence-corrected chi connectivity index (χ0v) is 10.8. The van der Waals surface area contributed by atoms with Crippen molar-refractivity contribution in [1.82, 2.24) is 5.32 Å². The lowest BCUT2D eigenvalue weighted by molar-refractivity contribution is 0.0937. The predicted molar refractivity (Wildman–Crippen MR) is 72.0 cm³/mol. The molecule has 1 amide bonds. The van der Waals surface area contributed by atoms with E-state index in [1.54, 1.807) is 0 Å². The lowest BCUT2D eigenvalue weighted by Crippen LogP contribution is -2.34. The van der Waals surface area contributed by atoms with Crippen LogP contribution in [-0.4, -0.2) is 28.7 Å². The van der Waals surface area contributed by atoms with E-state index in [-0.39, 0.29) is 23.1 Å². The number of hydrogen-bond donors (Lipinski definition) is 4. The lowest BCUT2D eigenvalue weighted by atomic mass is 9.86.